The van der Waals surface area contributed by atoms with Crippen LogP contribution in [0.4, 0.5) is 21.0 Å². The van der Waals surface area contributed by atoms with E-state index in [1.54, 1.807) is 53.4 Å². The minimum Gasteiger partial charge on any atom is -0.472 e. The maximum Gasteiger partial charge on any atom is 0.414 e. The first-order valence-corrected chi connectivity index (χ1v) is 21.2. The van der Waals surface area contributed by atoms with Gasteiger partial charge in [-0.15, -0.1) is 0 Å². The van der Waals surface area contributed by atoms with Gasteiger partial charge in [0.05, 0.1) is 55.5 Å². The molecular weight excluding hydrogens is 831 g/mol. The summed E-state index contributed by atoms with van der Waals surface area (Å²) in [6, 6.07) is 16.1. The standard InChI is InChI=1S/C24H28N4O6.C17H17N3O7S/c1-2-33-23(30)17-7-10-27(11-8-17)13-20-14-28(24(31)34-20)19-5-3-16(4-6-19)21(25)26-22(29)18-9-12-32-15-18;1-28(23,24)26-10-14-8-20(17(22)27-14)13-4-2-11(3-5-13)15(18)19-16(21)12-6-7-25-9-12/h3-6,9,12,15,17,20H,2,7-8,10-11,13-14H2,1H3,(H2,25,26,29);2-7,9,14H,8,10H2,1H3,(H2,18,19,21). The number of amides is 4. The number of carbonyl (C=O) groups is 5. The fraction of sp³-hybridized carbons (Fsp3) is 0.341. The number of benzene rings is 2. The lowest BCUT2D eigenvalue weighted by Crippen LogP contribution is -2.41. The van der Waals surface area contributed by atoms with E-state index in [0.717, 1.165) is 32.2 Å². The molecule has 7 rings (SSSR count). The van der Waals surface area contributed by atoms with Gasteiger partial charge < -0.3 is 33.7 Å². The summed E-state index contributed by atoms with van der Waals surface area (Å²) in [6.07, 6.45) is 5.72. The summed E-state index contributed by atoms with van der Waals surface area (Å²) in [5.74, 6) is -1.24. The lowest BCUT2D eigenvalue weighted by Gasteiger charge is -2.31. The van der Waals surface area contributed by atoms with Crippen molar-refractivity contribution < 1.29 is 59.6 Å². The van der Waals surface area contributed by atoms with E-state index in [4.69, 9.17) is 33.9 Å². The van der Waals surface area contributed by atoms with Gasteiger partial charge in [-0.25, -0.2) is 9.59 Å². The molecule has 0 saturated carbocycles. The molecule has 5 heterocycles. The Kier molecular flexibility index (Phi) is 14.5. The quantitative estimate of drug-likeness (QED) is 0.0487. The summed E-state index contributed by atoms with van der Waals surface area (Å²) >= 11 is 0. The molecule has 3 aliphatic heterocycles. The molecular formula is C41H45N7O13S. The minimum atomic E-state index is -3.63. The molecule has 328 valence electrons. The van der Waals surface area contributed by atoms with Crippen molar-refractivity contribution in [1.29, 1.82) is 10.8 Å². The maximum atomic E-state index is 12.5. The fourth-order valence-electron chi connectivity index (χ4n) is 6.66. The summed E-state index contributed by atoms with van der Waals surface area (Å²) in [5, 5.41) is 21.1. The predicted molar refractivity (Wildman–Crippen MR) is 221 cm³/mol. The van der Waals surface area contributed by atoms with Crippen LogP contribution in [0.15, 0.2) is 94.6 Å². The van der Waals surface area contributed by atoms with Gasteiger partial charge in [-0.3, -0.25) is 44.1 Å². The van der Waals surface area contributed by atoms with Gasteiger partial charge in [0.1, 0.15) is 43.0 Å². The third-order valence-electron chi connectivity index (χ3n) is 9.86. The number of rotatable bonds is 13. The monoisotopic (exact) mass is 875 g/mol. The molecule has 62 heavy (non-hydrogen) atoms. The SMILES string of the molecule is CCOC(=O)C1CCN(CC2CN(c3ccc(C(=N)NC(=O)c4ccoc4)cc3)C(=O)O2)CC1.CS(=O)(=O)OCC1CN(c2ccc(C(=N)NC(=O)c3ccoc3)cc2)C(=O)O1. The first kappa shape index (κ1) is 44.7. The van der Waals surface area contributed by atoms with Crippen molar-refractivity contribution in [3.8, 4) is 0 Å². The number of ether oxygens (including phenoxy) is 3. The first-order valence-electron chi connectivity index (χ1n) is 19.4. The number of cyclic esters (lactones) is 2. The van der Waals surface area contributed by atoms with E-state index >= 15 is 0 Å². The van der Waals surface area contributed by atoms with Gasteiger partial charge >= 0.3 is 18.2 Å². The van der Waals surface area contributed by atoms with Crippen molar-refractivity contribution in [2.24, 2.45) is 5.92 Å². The molecule has 2 aromatic heterocycles. The van der Waals surface area contributed by atoms with Crippen LogP contribution in [0.3, 0.4) is 0 Å². The number of esters is 1. The Balaban J connectivity index is 0.000000211. The number of likely N-dealkylation sites (tertiary alicyclic amines) is 1. The Morgan fingerprint density at radius 3 is 1.63 bits per heavy atom. The molecule has 0 aliphatic carbocycles. The van der Waals surface area contributed by atoms with E-state index in [0.29, 0.717) is 53.3 Å². The Morgan fingerprint density at radius 2 is 1.19 bits per heavy atom. The molecule has 3 aliphatic rings. The zero-order chi connectivity index (χ0) is 44.4. The van der Waals surface area contributed by atoms with Crippen molar-refractivity contribution >= 4 is 63.1 Å². The Hall–Kier alpha value is -6.84. The van der Waals surface area contributed by atoms with Crippen molar-refractivity contribution in [2.75, 3.05) is 62.0 Å². The summed E-state index contributed by atoms with van der Waals surface area (Å²) < 4.78 is 52.2. The zero-order valence-electron chi connectivity index (χ0n) is 33.7. The molecule has 0 spiro atoms. The Morgan fingerprint density at radius 1 is 0.726 bits per heavy atom. The molecule has 3 fully saturated rings. The number of anilines is 2. The van der Waals surface area contributed by atoms with Crippen LogP contribution in [0.5, 0.6) is 0 Å². The largest absolute Gasteiger partial charge is 0.472 e. The summed E-state index contributed by atoms with van der Waals surface area (Å²) in [6.45, 7) is 4.63. The first-order chi connectivity index (χ1) is 29.7. The third kappa shape index (κ3) is 11.9. The van der Waals surface area contributed by atoms with Crippen LogP contribution < -0.4 is 20.4 Å². The van der Waals surface area contributed by atoms with Gasteiger partial charge in [-0.1, -0.05) is 0 Å². The van der Waals surface area contributed by atoms with Gasteiger partial charge in [-0.2, -0.15) is 8.42 Å². The number of carbonyl (C=O) groups excluding carboxylic acids is 5. The lowest BCUT2D eigenvalue weighted by atomic mass is 9.97. The van der Waals surface area contributed by atoms with Crippen molar-refractivity contribution in [1.82, 2.24) is 15.5 Å². The molecule has 3 saturated heterocycles. The molecule has 4 aromatic rings. The third-order valence-corrected chi connectivity index (χ3v) is 10.4. The lowest BCUT2D eigenvalue weighted by molar-refractivity contribution is -0.149. The smallest absolute Gasteiger partial charge is 0.414 e. The van der Waals surface area contributed by atoms with Crippen LogP contribution in [0.1, 0.15) is 51.6 Å². The maximum absolute atomic E-state index is 12.5. The number of hydrogen-bond acceptors (Lipinski definition) is 16. The molecule has 2 atom stereocenters. The number of nitrogens with zero attached hydrogens (tertiary/aromatic N) is 3. The van der Waals surface area contributed by atoms with E-state index in [1.807, 2.05) is 6.92 Å². The van der Waals surface area contributed by atoms with Gasteiger partial charge in [0.25, 0.3) is 21.9 Å². The van der Waals surface area contributed by atoms with E-state index in [2.05, 4.69) is 19.7 Å². The van der Waals surface area contributed by atoms with Crippen molar-refractivity contribution in [3.63, 3.8) is 0 Å². The highest BCUT2D eigenvalue weighted by Crippen LogP contribution is 2.26. The molecule has 0 bridgehead atoms. The molecule has 4 amide bonds. The summed E-state index contributed by atoms with van der Waals surface area (Å²) in [5.41, 5.74) is 2.73. The molecule has 2 aromatic carbocycles. The van der Waals surface area contributed by atoms with Crippen LogP contribution >= 0.6 is 0 Å². The fourth-order valence-corrected chi connectivity index (χ4v) is 7.06. The van der Waals surface area contributed by atoms with Gasteiger partial charge in [0.15, 0.2) is 0 Å². The average Bonchev–Trinajstić information content (AvgIpc) is 4.10. The number of nitrogens with one attached hydrogen (secondary N) is 4. The predicted octanol–water partition coefficient (Wildman–Crippen LogP) is 3.97. The highest BCUT2D eigenvalue weighted by atomic mass is 32.2. The average molecular weight is 876 g/mol. The highest BCUT2D eigenvalue weighted by Gasteiger charge is 2.36. The van der Waals surface area contributed by atoms with E-state index in [9.17, 15) is 32.4 Å². The van der Waals surface area contributed by atoms with Crippen LogP contribution in [0.25, 0.3) is 0 Å². The van der Waals surface area contributed by atoms with Crippen LogP contribution in [0.2, 0.25) is 0 Å². The summed E-state index contributed by atoms with van der Waals surface area (Å²) in [4.78, 5) is 65.5. The van der Waals surface area contributed by atoms with Crippen LogP contribution in [-0.4, -0.2) is 119 Å². The number of furan rings is 2. The van der Waals surface area contributed by atoms with Crippen molar-refractivity contribution in [3.05, 3.63) is 108 Å². The second kappa shape index (κ2) is 20.1. The van der Waals surface area contributed by atoms with Crippen LogP contribution in [0, 0.1) is 16.7 Å². The minimum absolute atomic E-state index is 0.0501. The molecule has 21 heteroatoms. The molecule has 4 N–H and O–H groups in total. The molecule has 2 unspecified atom stereocenters. The Bertz CT molecular complexity index is 2350. The Labute approximate surface area is 356 Å². The topological polar surface area (TPSA) is 264 Å². The van der Waals surface area contributed by atoms with Gasteiger partial charge in [0.2, 0.25) is 0 Å². The van der Waals surface area contributed by atoms with E-state index < -0.39 is 40.2 Å². The number of amidine groups is 2. The normalized spacial score (nSPS) is 18.0. The second-order valence-corrected chi connectivity index (χ2v) is 16.0. The highest BCUT2D eigenvalue weighted by molar-refractivity contribution is 7.85. The van der Waals surface area contributed by atoms with Crippen LogP contribution in [-0.2, 0) is 33.3 Å². The number of hydrogen-bond donors (Lipinski definition) is 4. The van der Waals surface area contributed by atoms with Gasteiger partial charge in [-0.05, 0) is 93.5 Å². The number of piperidine rings is 1. The summed E-state index contributed by atoms with van der Waals surface area (Å²) in [7, 11) is -3.63. The van der Waals surface area contributed by atoms with Gasteiger partial charge in [0, 0.05) is 29.0 Å². The van der Waals surface area contributed by atoms with E-state index in [1.165, 1.54) is 42.1 Å². The molecule has 0 radical (unpaired) electrons. The zero-order valence-corrected chi connectivity index (χ0v) is 34.6. The molecule has 20 nitrogen and oxygen atoms in total. The van der Waals surface area contributed by atoms with E-state index in [-0.39, 0.29) is 42.8 Å². The second-order valence-electron chi connectivity index (χ2n) is 14.3. The van der Waals surface area contributed by atoms with Crippen molar-refractivity contribution in [2.45, 2.75) is 32.0 Å².